The summed E-state index contributed by atoms with van der Waals surface area (Å²) in [5, 5.41) is 12.7. The summed E-state index contributed by atoms with van der Waals surface area (Å²) in [6.45, 7) is 1.95. The SMILES string of the molecule is CCc1cc([N+](=O)[O-])c(OC)cc1C1=CC=CON1C. The van der Waals surface area contributed by atoms with Crippen molar-refractivity contribution in [3.8, 4) is 5.75 Å². The molecule has 106 valence electrons. The molecule has 1 aliphatic rings. The number of hydroxylamine groups is 2. The van der Waals surface area contributed by atoms with E-state index in [1.54, 1.807) is 36.6 Å². The quantitative estimate of drug-likeness (QED) is 0.625. The van der Waals surface area contributed by atoms with Gasteiger partial charge in [0.05, 0.1) is 17.7 Å². The average Bonchev–Trinajstić information content (AvgIpc) is 2.46. The van der Waals surface area contributed by atoms with Crippen LogP contribution in [0, 0.1) is 10.1 Å². The fourth-order valence-electron chi connectivity index (χ4n) is 2.13. The zero-order valence-electron chi connectivity index (χ0n) is 11.6. The van der Waals surface area contributed by atoms with E-state index < -0.39 is 4.92 Å². The Morgan fingerprint density at radius 3 is 2.75 bits per heavy atom. The van der Waals surface area contributed by atoms with Gasteiger partial charge in [0.15, 0.2) is 5.75 Å². The Balaban J connectivity index is 2.61. The molecule has 0 amide bonds. The highest BCUT2D eigenvalue weighted by Crippen LogP contribution is 2.35. The van der Waals surface area contributed by atoms with Crippen LogP contribution in [0.5, 0.6) is 5.75 Å². The van der Waals surface area contributed by atoms with E-state index in [2.05, 4.69) is 0 Å². The van der Waals surface area contributed by atoms with E-state index in [9.17, 15) is 10.1 Å². The van der Waals surface area contributed by atoms with Crippen LogP contribution >= 0.6 is 0 Å². The molecule has 20 heavy (non-hydrogen) atoms. The fourth-order valence-corrected chi connectivity index (χ4v) is 2.13. The van der Waals surface area contributed by atoms with Gasteiger partial charge in [-0.1, -0.05) is 6.92 Å². The lowest BCUT2D eigenvalue weighted by atomic mass is 10.00. The van der Waals surface area contributed by atoms with Gasteiger partial charge in [-0.2, -0.15) is 0 Å². The molecule has 0 atom stereocenters. The number of nitrogens with zero attached hydrogens (tertiary/aromatic N) is 2. The largest absolute Gasteiger partial charge is 0.490 e. The van der Waals surface area contributed by atoms with Crippen molar-refractivity contribution in [2.45, 2.75) is 13.3 Å². The molecule has 0 aromatic heterocycles. The smallest absolute Gasteiger partial charge is 0.311 e. The van der Waals surface area contributed by atoms with Crippen molar-refractivity contribution in [1.82, 2.24) is 5.06 Å². The molecular formula is C14H16N2O4. The van der Waals surface area contributed by atoms with Crippen LogP contribution in [-0.2, 0) is 11.3 Å². The topological polar surface area (TPSA) is 64.8 Å². The van der Waals surface area contributed by atoms with Gasteiger partial charge in [-0.25, -0.2) is 5.06 Å². The number of ether oxygens (including phenoxy) is 1. The first kappa shape index (κ1) is 13.9. The highest BCUT2D eigenvalue weighted by molar-refractivity contribution is 5.72. The molecule has 1 aliphatic heterocycles. The molecule has 2 rings (SSSR count). The molecule has 0 spiro atoms. The summed E-state index contributed by atoms with van der Waals surface area (Å²) in [4.78, 5) is 15.9. The van der Waals surface area contributed by atoms with E-state index in [0.29, 0.717) is 6.42 Å². The Hall–Kier alpha value is -2.50. The maximum Gasteiger partial charge on any atom is 0.311 e. The minimum Gasteiger partial charge on any atom is -0.490 e. The molecule has 1 aromatic rings. The van der Waals surface area contributed by atoms with Crippen molar-refractivity contribution < 1.29 is 14.5 Å². The number of nitro groups is 1. The first-order valence-corrected chi connectivity index (χ1v) is 6.21. The maximum atomic E-state index is 11.1. The second-order valence-corrected chi connectivity index (χ2v) is 4.28. The minimum absolute atomic E-state index is 0.0244. The second-order valence-electron chi connectivity index (χ2n) is 4.28. The predicted molar refractivity (Wildman–Crippen MR) is 75.0 cm³/mol. The number of nitro benzene ring substituents is 1. The molecule has 0 radical (unpaired) electrons. The zero-order valence-corrected chi connectivity index (χ0v) is 11.6. The molecule has 0 aliphatic carbocycles. The van der Waals surface area contributed by atoms with E-state index in [0.717, 1.165) is 16.8 Å². The third-order valence-corrected chi connectivity index (χ3v) is 3.15. The summed E-state index contributed by atoms with van der Waals surface area (Å²) >= 11 is 0. The average molecular weight is 276 g/mol. The van der Waals surface area contributed by atoms with Gasteiger partial charge in [-0.15, -0.1) is 0 Å². The molecule has 0 bridgehead atoms. The van der Waals surface area contributed by atoms with Gasteiger partial charge in [-0.05, 0) is 30.2 Å². The number of rotatable bonds is 4. The molecule has 1 heterocycles. The van der Waals surface area contributed by atoms with E-state index >= 15 is 0 Å². The van der Waals surface area contributed by atoms with Crippen LogP contribution < -0.4 is 4.74 Å². The monoisotopic (exact) mass is 276 g/mol. The number of methoxy groups -OCH3 is 1. The molecule has 0 saturated carbocycles. The molecule has 0 fully saturated rings. The Bertz CT molecular complexity index is 593. The summed E-state index contributed by atoms with van der Waals surface area (Å²) in [7, 11) is 3.20. The molecule has 1 aromatic carbocycles. The van der Waals surface area contributed by atoms with Gasteiger partial charge < -0.3 is 9.57 Å². The number of benzene rings is 1. The van der Waals surface area contributed by atoms with Crippen molar-refractivity contribution >= 4 is 11.4 Å². The molecule has 6 heteroatoms. The zero-order chi connectivity index (χ0) is 14.7. The van der Waals surface area contributed by atoms with Crippen LogP contribution in [0.1, 0.15) is 18.1 Å². The van der Waals surface area contributed by atoms with Crippen molar-refractivity contribution in [2.75, 3.05) is 14.2 Å². The van der Waals surface area contributed by atoms with Crippen LogP contribution in [0.2, 0.25) is 0 Å². The van der Waals surface area contributed by atoms with Gasteiger partial charge in [0.2, 0.25) is 0 Å². The van der Waals surface area contributed by atoms with Gasteiger partial charge in [0.1, 0.15) is 6.26 Å². The van der Waals surface area contributed by atoms with E-state index in [1.165, 1.54) is 7.11 Å². The lowest BCUT2D eigenvalue weighted by molar-refractivity contribution is -0.385. The lowest BCUT2D eigenvalue weighted by Crippen LogP contribution is -2.17. The van der Waals surface area contributed by atoms with E-state index in [4.69, 9.17) is 9.57 Å². The Morgan fingerprint density at radius 1 is 1.45 bits per heavy atom. The Kier molecular flexibility index (Phi) is 3.93. The van der Waals surface area contributed by atoms with Crippen LogP contribution in [0.4, 0.5) is 5.69 Å². The normalized spacial score (nSPS) is 13.8. The number of aryl methyl sites for hydroxylation is 1. The summed E-state index contributed by atoms with van der Waals surface area (Å²) in [6.07, 6.45) is 5.92. The summed E-state index contributed by atoms with van der Waals surface area (Å²) < 4.78 is 5.13. The molecular weight excluding hydrogens is 260 g/mol. The van der Waals surface area contributed by atoms with Gasteiger partial charge in [0, 0.05) is 18.7 Å². The molecule has 6 nitrogen and oxygen atoms in total. The van der Waals surface area contributed by atoms with Crippen molar-refractivity contribution in [3.05, 3.63) is 51.8 Å². The minimum atomic E-state index is -0.433. The third-order valence-electron chi connectivity index (χ3n) is 3.15. The van der Waals surface area contributed by atoms with Gasteiger partial charge >= 0.3 is 5.69 Å². The third kappa shape index (κ3) is 2.45. The second kappa shape index (κ2) is 5.64. The molecule has 0 N–H and O–H groups in total. The van der Waals surface area contributed by atoms with Gasteiger partial charge in [-0.3, -0.25) is 10.1 Å². The van der Waals surface area contributed by atoms with E-state index in [1.807, 2.05) is 13.0 Å². The number of hydrogen-bond donors (Lipinski definition) is 0. The maximum absolute atomic E-state index is 11.1. The Morgan fingerprint density at radius 2 is 2.20 bits per heavy atom. The van der Waals surface area contributed by atoms with Crippen molar-refractivity contribution in [2.24, 2.45) is 0 Å². The first-order valence-electron chi connectivity index (χ1n) is 6.21. The predicted octanol–water partition coefficient (Wildman–Crippen LogP) is 2.90. The lowest BCUT2D eigenvalue weighted by Gasteiger charge is -2.24. The van der Waals surface area contributed by atoms with Crippen LogP contribution in [0.3, 0.4) is 0 Å². The summed E-state index contributed by atoms with van der Waals surface area (Å²) in [6, 6.07) is 3.24. The molecule has 0 saturated heterocycles. The standard InChI is InChI=1S/C14H16N2O4/c1-4-10-8-13(16(17)18)14(19-3)9-11(10)12-6-5-7-20-15(12)2/h5-9H,4H2,1-3H3. The number of allylic oxidation sites excluding steroid dienone is 2. The highest BCUT2D eigenvalue weighted by atomic mass is 16.7. The van der Waals surface area contributed by atoms with Crippen molar-refractivity contribution in [3.63, 3.8) is 0 Å². The highest BCUT2D eigenvalue weighted by Gasteiger charge is 2.22. The van der Waals surface area contributed by atoms with Gasteiger partial charge in [0.25, 0.3) is 0 Å². The van der Waals surface area contributed by atoms with Crippen molar-refractivity contribution in [1.29, 1.82) is 0 Å². The Labute approximate surface area is 117 Å². The summed E-state index contributed by atoms with van der Waals surface area (Å²) in [5.74, 6) is 0.242. The van der Waals surface area contributed by atoms with E-state index in [-0.39, 0.29) is 11.4 Å². The molecule has 0 unspecified atom stereocenters. The number of hydrogen-bond acceptors (Lipinski definition) is 5. The van der Waals surface area contributed by atoms with Crippen LogP contribution in [0.25, 0.3) is 5.70 Å². The first-order chi connectivity index (χ1) is 9.58. The van der Waals surface area contributed by atoms with Crippen LogP contribution in [0.15, 0.2) is 30.5 Å². The van der Waals surface area contributed by atoms with Crippen LogP contribution in [-0.4, -0.2) is 24.1 Å². The fraction of sp³-hybridized carbons (Fsp3) is 0.286. The summed E-state index contributed by atoms with van der Waals surface area (Å²) in [5.41, 5.74) is 2.54.